The van der Waals surface area contributed by atoms with Crippen LogP contribution in [0.25, 0.3) is 0 Å². The summed E-state index contributed by atoms with van der Waals surface area (Å²) in [6.45, 7) is 4.42. The number of carbonyl (C=O) groups is 2. The third kappa shape index (κ3) is 6.35. The van der Waals surface area contributed by atoms with Gasteiger partial charge in [0.15, 0.2) is 0 Å². The fourth-order valence-corrected chi connectivity index (χ4v) is 3.07. The van der Waals surface area contributed by atoms with Gasteiger partial charge in [-0.3, -0.25) is 4.79 Å². The van der Waals surface area contributed by atoms with Gasteiger partial charge in [-0.2, -0.15) is 0 Å². The van der Waals surface area contributed by atoms with E-state index in [0.717, 1.165) is 19.4 Å². The van der Waals surface area contributed by atoms with Crippen molar-refractivity contribution < 1.29 is 19.1 Å². The minimum atomic E-state index is -0.370. The molecule has 2 heterocycles. The average Bonchev–Trinajstić information content (AvgIpc) is 3.15. The number of halogens is 1. The first kappa shape index (κ1) is 21.4. The Morgan fingerprint density at radius 3 is 2.44 bits per heavy atom. The van der Waals surface area contributed by atoms with Crippen LogP contribution in [0.3, 0.4) is 0 Å². The molecule has 0 saturated carbocycles. The molecule has 1 unspecified atom stereocenters. The predicted molar refractivity (Wildman–Crippen MR) is 106 cm³/mol. The zero-order chi connectivity index (χ0) is 18.4. The lowest BCUT2D eigenvalue weighted by Crippen LogP contribution is -2.53. The molecule has 9 heteroatoms. The van der Waals surface area contributed by atoms with E-state index in [1.54, 1.807) is 24.3 Å². The van der Waals surface area contributed by atoms with Crippen molar-refractivity contribution in [2.75, 3.05) is 36.9 Å². The van der Waals surface area contributed by atoms with Crippen LogP contribution in [0, 0.1) is 0 Å². The minimum absolute atomic E-state index is 0. The number of anilines is 2. The second-order valence-corrected chi connectivity index (χ2v) is 6.54. The van der Waals surface area contributed by atoms with Gasteiger partial charge in [0.2, 0.25) is 5.91 Å². The molecule has 0 aliphatic carbocycles. The molecule has 2 saturated heterocycles. The molecule has 0 radical (unpaired) electrons. The number of urea groups is 1. The van der Waals surface area contributed by atoms with Gasteiger partial charge in [0.05, 0.1) is 18.8 Å². The molecule has 3 amide bonds. The SMILES string of the molecule is C[C@H]1OCCN[C@@H]1C(=O)Nc1ccc(NC(=O)NCC2CCCO2)cc1.Cl. The van der Waals surface area contributed by atoms with E-state index in [1.165, 1.54) is 0 Å². The Bertz CT molecular complexity index is 622. The smallest absolute Gasteiger partial charge is 0.319 e. The third-order valence-corrected chi connectivity index (χ3v) is 4.52. The van der Waals surface area contributed by atoms with Gasteiger partial charge in [0, 0.05) is 31.1 Å². The molecular weight excluding hydrogens is 372 g/mol. The van der Waals surface area contributed by atoms with E-state index in [9.17, 15) is 9.59 Å². The molecule has 3 rings (SSSR count). The number of hydrogen-bond donors (Lipinski definition) is 4. The van der Waals surface area contributed by atoms with Crippen LogP contribution in [-0.4, -0.2) is 56.5 Å². The van der Waals surface area contributed by atoms with E-state index in [-0.39, 0.29) is 42.6 Å². The summed E-state index contributed by atoms with van der Waals surface area (Å²) in [7, 11) is 0. The standard InChI is InChI=1S/C18H26N4O4.ClH/c1-12-16(19-8-10-25-12)17(23)21-13-4-6-14(7-5-13)22-18(24)20-11-15-3-2-9-26-15;/h4-7,12,15-16,19H,2-3,8-11H2,1H3,(H,21,23)(H2,20,22,24);1H/t12-,15?,16+;/m1./s1. The molecule has 4 N–H and O–H groups in total. The van der Waals surface area contributed by atoms with Gasteiger partial charge in [0.25, 0.3) is 0 Å². The Balaban J connectivity index is 0.00000261. The number of carbonyl (C=O) groups excluding carboxylic acids is 2. The van der Waals surface area contributed by atoms with Gasteiger partial charge < -0.3 is 30.7 Å². The number of amides is 3. The lowest BCUT2D eigenvalue weighted by Gasteiger charge is -2.29. The molecule has 0 spiro atoms. The maximum Gasteiger partial charge on any atom is 0.319 e. The molecule has 2 fully saturated rings. The van der Waals surface area contributed by atoms with E-state index in [2.05, 4.69) is 21.3 Å². The minimum Gasteiger partial charge on any atom is -0.376 e. The number of hydrogen-bond acceptors (Lipinski definition) is 5. The predicted octanol–water partition coefficient (Wildman–Crippen LogP) is 1.72. The van der Waals surface area contributed by atoms with Crippen molar-refractivity contribution in [1.29, 1.82) is 0 Å². The molecule has 3 atom stereocenters. The largest absolute Gasteiger partial charge is 0.376 e. The second kappa shape index (κ2) is 10.5. The Morgan fingerprint density at radius 1 is 1.11 bits per heavy atom. The van der Waals surface area contributed by atoms with Crippen LogP contribution in [-0.2, 0) is 14.3 Å². The normalized spacial score (nSPS) is 24.6. The number of benzene rings is 1. The van der Waals surface area contributed by atoms with Crippen LogP contribution in [0.15, 0.2) is 24.3 Å². The molecule has 1 aromatic carbocycles. The van der Waals surface area contributed by atoms with Crippen molar-refractivity contribution in [3.05, 3.63) is 24.3 Å². The first-order valence-electron chi connectivity index (χ1n) is 9.04. The van der Waals surface area contributed by atoms with Crippen molar-refractivity contribution >= 4 is 35.7 Å². The summed E-state index contributed by atoms with van der Waals surface area (Å²) in [4.78, 5) is 24.2. The summed E-state index contributed by atoms with van der Waals surface area (Å²) in [5.74, 6) is -0.132. The highest BCUT2D eigenvalue weighted by Gasteiger charge is 2.28. The summed E-state index contributed by atoms with van der Waals surface area (Å²) >= 11 is 0. The van der Waals surface area contributed by atoms with Gasteiger partial charge in [-0.25, -0.2) is 4.79 Å². The summed E-state index contributed by atoms with van der Waals surface area (Å²) in [6, 6.07) is 6.36. The van der Waals surface area contributed by atoms with Crippen molar-refractivity contribution in [2.45, 2.75) is 38.0 Å². The molecule has 0 aromatic heterocycles. The fraction of sp³-hybridized carbons (Fsp3) is 0.556. The van der Waals surface area contributed by atoms with Gasteiger partial charge in [-0.15, -0.1) is 12.4 Å². The van der Waals surface area contributed by atoms with Crippen molar-refractivity contribution in [2.24, 2.45) is 0 Å². The Labute approximate surface area is 165 Å². The first-order valence-corrected chi connectivity index (χ1v) is 9.04. The summed E-state index contributed by atoms with van der Waals surface area (Å²) in [5, 5.41) is 11.6. The topological polar surface area (TPSA) is 101 Å². The number of rotatable bonds is 5. The van der Waals surface area contributed by atoms with Crippen LogP contribution in [0.4, 0.5) is 16.2 Å². The number of nitrogens with one attached hydrogen (secondary N) is 4. The molecule has 1 aromatic rings. The lowest BCUT2D eigenvalue weighted by molar-refractivity contribution is -0.123. The summed E-state index contributed by atoms with van der Waals surface area (Å²) in [6.07, 6.45) is 1.96. The zero-order valence-corrected chi connectivity index (χ0v) is 16.1. The van der Waals surface area contributed by atoms with E-state index in [0.29, 0.717) is 31.1 Å². The highest BCUT2D eigenvalue weighted by atomic mass is 35.5. The fourth-order valence-electron chi connectivity index (χ4n) is 3.07. The van der Waals surface area contributed by atoms with Crippen LogP contribution in [0.5, 0.6) is 0 Å². The average molecular weight is 399 g/mol. The molecule has 27 heavy (non-hydrogen) atoms. The van der Waals surface area contributed by atoms with Gasteiger partial charge in [-0.05, 0) is 44.0 Å². The molecular formula is C18H27ClN4O4. The van der Waals surface area contributed by atoms with Crippen molar-refractivity contribution in [3.63, 3.8) is 0 Å². The Hall–Kier alpha value is -1.87. The monoisotopic (exact) mass is 398 g/mol. The Kier molecular flexibility index (Phi) is 8.30. The molecule has 2 aliphatic heterocycles. The molecule has 2 aliphatic rings. The quantitative estimate of drug-likeness (QED) is 0.605. The Morgan fingerprint density at radius 2 is 1.81 bits per heavy atom. The number of ether oxygens (including phenoxy) is 2. The zero-order valence-electron chi connectivity index (χ0n) is 15.3. The van der Waals surface area contributed by atoms with Crippen LogP contribution >= 0.6 is 12.4 Å². The van der Waals surface area contributed by atoms with Crippen molar-refractivity contribution in [1.82, 2.24) is 10.6 Å². The van der Waals surface area contributed by atoms with E-state index in [4.69, 9.17) is 9.47 Å². The first-order chi connectivity index (χ1) is 12.6. The maximum atomic E-state index is 12.3. The molecule has 8 nitrogen and oxygen atoms in total. The van der Waals surface area contributed by atoms with Gasteiger partial charge in [0.1, 0.15) is 6.04 Å². The van der Waals surface area contributed by atoms with E-state index in [1.807, 2.05) is 6.92 Å². The highest BCUT2D eigenvalue weighted by Crippen LogP contribution is 2.15. The van der Waals surface area contributed by atoms with Crippen molar-refractivity contribution in [3.8, 4) is 0 Å². The van der Waals surface area contributed by atoms with Crippen LogP contribution in [0.2, 0.25) is 0 Å². The van der Waals surface area contributed by atoms with E-state index < -0.39 is 0 Å². The molecule has 0 bridgehead atoms. The van der Waals surface area contributed by atoms with Gasteiger partial charge in [-0.1, -0.05) is 0 Å². The summed E-state index contributed by atoms with van der Waals surface area (Å²) < 4.78 is 11.0. The third-order valence-electron chi connectivity index (χ3n) is 4.52. The molecule has 150 valence electrons. The maximum absolute atomic E-state index is 12.3. The van der Waals surface area contributed by atoms with Crippen LogP contribution in [0.1, 0.15) is 19.8 Å². The number of morpholine rings is 1. The lowest BCUT2D eigenvalue weighted by atomic mass is 10.1. The van der Waals surface area contributed by atoms with E-state index >= 15 is 0 Å². The van der Waals surface area contributed by atoms with Gasteiger partial charge >= 0.3 is 6.03 Å². The highest BCUT2D eigenvalue weighted by molar-refractivity contribution is 5.96. The van der Waals surface area contributed by atoms with Crippen LogP contribution < -0.4 is 21.3 Å². The summed E-state index contributed by atoms with van der Waals surface area (Å²) in [5.41, 5.74) is 1.32. The second-order valence-electron chi connectivity index (χ2n) is 6.54.